The normalized spacial score (nSPS) is 16.7. The first-order chi connectivity index (χ1) is 9.13. The number of anilines is 1. The van der Waals surface area contributed by atoms with Crippen molar-refractivity contribution in [2.75, 3.05) is 19.4 Å². The second-order valence-electron chi connectivity index (χ2n) is 5.26. The van der Waals surface area contributed by atoms with E-state index in [0.29, 0.717) is 13.0 Å². The molecular weight excluding hydrogens is 240 g/mol. The highest BCUT2D eigenvalue weighted by atomic mass is 16.5. The topological polar surface area (TPSA) is 64.3 Å². The van der Waals surface area contributed by atoms with Gasteiger partial charge in [-0.05, 0) is 43.4 Å². The Morgan fingerprint density at radius 2 is 2.05 bits per heavy atom. The number of aryl methyl sites for hydroxylation is 1. The maximum absolute atomic E-state index is 11.8. The summed E-state index contributed by atoms with van der Waals surface area (Å²) in [6, 6.07) is 7.65. The lowest BCUT2D eigenvalue weighted by atomic mass is 9.80. The van der Waals surface area contributed by atoms with Crippen molar-refractivity contribution in [2.24, 2.45) is 0 Å². The van der Waals surface area contributed by atoms with Gasteiger partial charge in [-0.25, -0.2) is 0 Å². The first kappa shape index (κ1) is 13.9. The monoisotopic (exact) mass is 262 g/mol. The van der Waals surface area contributed by atoms with Crippen molar-refractivity contribution in [1.29, 1.82) is 0 Å². The number of nitrogens with one attached hydrogen (secondary N) is 1. The number of nitrogen functional groups attached to an aromatic ring is 1. The molecule has 1 amide bonds. The molecule has 0 spiro atoms. The van der Waals surface area contributed by atoms with Gasteiger partial charge in [0.05, 0.1) is 5.60 Å². The highest BCUT2D eigenvalue weighted by Gasteiger charge is 2.37. The fourth-order valence-corrected chi connectivity index (χ4v) is 2.31. The van der Waals surface area contributed by atoms with Gasteiger partial charge in [0.15, 0.2) is 0 Å². The summed E-state index contributed by atoms with van der Waals surface area (Å²) in [6.07, 6.45) is 4.52. The van der Waals surface area contributed by atoms with Crippen molar-refractivity contribution in [3.05, 3.63) is 29.8 Å². The van der Waals surface area contributed by atoms with E-state index < -0.39 is 0 Å². The van der Waals surface area contributed by atoms with Crippen LogP contribution in [0.1, 0.15) is 31.2 Å². The molecule has 104 valence electrons. The van der Waals surface area contributed by atoms with Crippen LogP contribution >= 0.6 is 0 Å². The average Bonchev–Trinajstić information content (AvgIpc) is 2.37. The molecule has 1 aromatic carbocycles. The molecule has 0 radical (unpaired) electrons. The lowest BCUT2D eigenvalue weighted by molar-refractivity contribution is -0.124. The number of carbonyl (C=O) groups excluding carboxylic acids is 1. The van der Waals surface area contributed by atoms with Gasteiger partial charge in [0.1, 0.15) is 0 Å². The Hall–Kier alpha value is -1.55. The number of rotatable bonds is 6. The minimum absolute atomic E-state index is 0.0835. The van der Waals surface area contributed by atoms with Crippen molar-refractivity contribution in [3.8, 4) is 0 Å². The first-order valence-corrected chi connectivity index (χ1v) is 6.80. The van der Waals surface area contributed by atoms with Gasteiger partial charge in [0, 0.05) is 25.8 Å². The van der Waals surface area contributed by atoms with Crippen molar-refractivity contribution in [1.82, 2.24) is 5.32 Å². The summed E-state index contributed by atoms with van der Waals surface area (Å²) < 4.78 is 5.47. The minimum Gasteiger partial charge on any atom is -0.399 e. The molecule has 3 N–H and O–H groups in total. The minimum atomic E-state index is -0.100. The summed E-state index contributed by atoms with van der Waals surface area (Å²) in [5.41, 5.74) is 7.41. The summed E-state index contributed by atoms with van der Waals surface area (Å²) in [6.45, 7) is 0.629. The van der Waals surface area contributed by atoms with Gasteiger partial charge in [-0.1, -0.05) is 12.1 Å². The number of methoxy groups -OCH3 is 1. The Labute approximate surface area is 114 Å². The summed E-state index contributed by atoms with van der Waals surface area (Å²) in [5, 5.41) is 2.97. The molecule has 1 fully saturated rings. The van der Waals surface area contributed by atoms with Crippen LogP contribution in [0, 0.1) is 0 Å². The summed E-state index contributed by atoms with van der Waals surface area (Å²) >= 11 is 0. The average molecular weight is 262 g/mol. The predicted octanol–water partition coefficient (Wildman–Crippen LogP) is 1.89. The smallest absolute Gasteiger partial charge is 0.220 e. The first-order valence-electron chi connectivity index (χ1n) is 6.80. The van der Waals surface area contributed by atoms with E-state index in [4.69, 9.17) is 10.5 Å². The van der Waals surface area contributed by atoms with Gasteiger partial charge >= 0.3 is 0 Å². The Morgan fingerprint density at radius 3 is 2.58 bits per heavy atom. The van der Waals surface area contributed by atoms with Crippen LogP contribution < -0.4 is 11.1 Å². The van der Waals surface area contributed by atoms with E-state index in [1.807, 2.05) is 24.3 Å². The Morgan fingerprint density at radius 1 is 1.37 bits per heavy atom. The molecule has 0 aromatic heterocycles. The number of carbonyl (C=O) groups is 1. The third-order valence-corrected chi connectivity index (χ3v) is 3.93. The second-order valence-corrected chi connectivity index (χ2v) is 5.26. The molecule has 1 aromatic rings. The summed E-state index contributed by atoms with van der Waals surface area (Å²) in [4.78, 5) is 11.8. The maximum Gasteiger partial charge on any atom is 0.220 e. The zero-order valence-electron chi connectivity index (χ0n) is 11.4. The van der Waals surface area contributed by atoms with Crippen LogP contribution in [-0.2, 0) is 16.0 Å². The maximum atomic E-state index is 11.8. The van der Waals surface area contributed by atoms with Crippen molar-refractivity contribution < 1.29 is 9.53 Å². The molecule has 4 heteroatoms. The van der Waals surface area contributed by atoms with Gasteiger partial charge in [-0.3, -0.25) is 4.79 Å². The number of nitrogens with two attached hydrogens (primary N) is 1. The van der Waals surface area contributed by atoms with E-state index in [-0.39, 0.29) is 11.5 Å². The molecule has 19 heavy (non-hydrogen) atoms. The lowest BCUT2D eigenvalue weighted by Gasteiger charge is -2.40. The van der Waals surface area contributed by atoms with Crippen LogP contribution in [0.4, 0.5) is 5.69 Å². The quantitative estimate of drug-likeness (QED) is 0.769. The van der Waals surface area contributed by atoms with Crippen LogP contribution in [0.2, 0.25) is 0 Å². The van der Waals surface area contributed by atoms with E-state index in [2.05, 4.69) is 5.32 Å². The van der Waals surface area contributed by atoms with Gasteiger partial charge in [-0.15, -0.1) is 0 Å². The largest absolute Gasteiger partial charge is 0.399 e. The fraction of sp³-hybridized carbons (Fsp3) is 0.533. The van der Waals surface area contributed by atoms with Crippen LogP contribution in [0.25, 0.3) is 0 Å². The van der Waals surface area contributed by atoms with Gasteiger partial charge in [0.25, 0.3) is 0 Å². The van der Waals surface area contributed by atoms with Crippen LogP contribution in [-0.4, -0.2) is 25.2 Å². The number of hydrogen-bond acceptors (Lipinski definition) is 3. The molecule has 4 nitrogen and oxygen atoms in total. The third kappa shape index (κ3) is 3.70. The van der Waals surface area contributed by atoms with Crippen molar-refractivity contribution >= 4 is 11.6 Å². The fourth-order valence-electron chi connectivity index (χ4n) is 2.31. The van der Waals surface area contributed by atoms with E-state index in [1.54, 1.807) is 7.11 Å². The molecule has 2 rings (SSSR count). The SMILES string of the molecule is COC1(CNC(=O)CCc2ccc(N)cc2)CCC1. The number of benzene rings is 1. The molecule has 0 saturated heterocycles. The molecule has 1 saturated carbocycles. The number of hydrogen-bond donors (Lipinski definition) is 2. The van der Waals surface area contributed by atoms with Gasteiger partial charge in [0.2, 0.25) is 5.91 Å². The molecule has 0 bridgehead atoms. The second kappa shape index (κ2) is 6.06. The molecule has 1 aliphatic rings. The molecule has 1 aliphatic carbocycles. The Kier molecular flexibility index (Phi) is 4.43. The summed E-state index contributed by atoms with van der Waals surface area (Å²) in [7, 11) is 1.72. The molecule has 0 aliphatic heterocycles. The summed E-state index contributed by atoms with van der Waals surface area (Å²) in [5.74, 6) is 0.0835. The van der Waals surface area contributed by atoms with Gasteiger partial charge in [-0.2, -0.15) is 0 Å². The van der Waals surface area contributed by atoms with Crippen molar-refractivity contribution in [2.45, 2.75) is 37.7 Å². The number of amides is 1. The van der Waals surface area contributed by atoms with E-state index in [1.165, 1.54) is 6.42 Å². The zero-order valence-corrected chi connectivity index (χ0v) is 11.4. The highest BCUT2D eigenvalue weighted by molar-refractivity contribution is 5.76. The van der Waals surface area contributed by atoms with E-state index in [0.717, 1.165) is 30.5 Å². The highest BCUT2D eigenvalue weighted by Crippen LogP contribution is 2.34. The third-order valence-electron chi connectivity index (χ3n) is 3.93. The number of ether oxygens (including phenoxy) is 1. The van der Waals surface area contributed by atoms with Crippen LogP contribution in [0.15, 0.2) is 24.3 Å². The molecule has 0 heterocycles. The van der Waals surface area contributed by atoms with Gasteiger partial charge < -0.3 is 15.8 Å². The van der Waals surface area contributed by atoms with E-state index in [9.17, 15) is 4.79 Å². The van der Waals surface area contributed by atoms with Crippen molar-refractivity contribution in [3.63, 3.8) is 0 Å². The lowest BCUT2D eigenvalue weighted by Crippen LogP contribution is -2.49. The molecule has 0 atom stereocenters. The van der Waals surface area contributed by atoms with E-state index >= 15 is 0 Å². The Bertz CT molecular complexity index is 419. The van der Waals surface area contributed by atoms with Crippen LogP contribution in [0.5, 0.6) is 0 Å². The molecule has 0 unspecified atom stereocenters. The Balaban J connectivity index is 1.71. The predicted molar refractivity (Wildman–Crippen MR) is 75.8 cm³/mol. The van der Waals surface area contributed by atoms with Crippen LogP contribution in [0.3, 0.4) is 0 Å². The zero-order chi connectivity index (χ0) is 13.7. The standard InChI is InChI=1S/C15H22N2O2/c1-19-15(9-2-10-15)11-17-14(18)8-5-12-3-6-13(16)7-4-12/h3-4,6-7H,2,5,8-11,16H2,1H3,(H,17,18). The molecular formula is C15H22N2O2.